The summed E-state index contributed by atoms with van der Waals surface area (Å²) in [5.74, 6) is 0.398. The molecule has 35 heavy (non-hydrogen) atoms. The maximum absolute atomic E-state index is 12.8. The van der Waals surface area contributed by atoms with Crippen LogP contribution in [0.25, 0.3) is 0 Å². The average Bonchev–Trinajstić information content (AvgIpc) is 2.88. The number of nitrogens with zero attached hydrogens (tertiary/aromatic N) is 1. The van der Waals surface area contributed by atoms with Gasteiger partial charge in [0, 0.05) is 50.6 Å². The van der Waals surface area contributed by atoms with E-state index in [-0.39, 0.29) is 29.1 Å². The molecule has 2 aliphatic heterocycles. The zero-order valence-corrected chi connectivity index (χ0v) is 19.9. The summed E-state index contributed by atoms with van der Waals surface area (Å²) in [5, 5.41) is 12.0. The molecule has 1 atom stereocenters. The lowest BCUT2D eigenvalue weighted by molar-refractivity contribution is -0.118. The molecule has 9 heteroatoms. The van der Waals surface area contributed by atoms with Gasteiger partial charge in [-0.15, -0.1) is 0 Å². The van der Waals surface area contributed by atoms with Crippen molar-refractivity contribution in [2.75, 3.05) is 36.4 Å². The summed E-state index contributed by atoms with van der Waals surface area (Å²) in [6.45, 7) is 4.64. The van der Waals surface area contributed by atoms with Crippen molar-refractivity contribution in [2.45, 2.75) is 32.2 Å². The topological polar surface area (TPSA) is 118 Å². The predicted octanol–water partition coefficient (Wildman–Crippen LogP) is 2.39. The van der Waals surface area contributed by atoms with Crippen LogP contribution in [0.15, 0.2) is 65.4 Å². The Morgan fingerprint density at radius 3 is 2.60 bits per heavy atom. The Balaban J connectivity index is 1.38. The van der Waals surface area contributed by atoms with Gasteiger partial charge in [-0.2, -0.15) is 0 Å². The molecule has 0 aliphatic carbocycles. The molecule has 9 nitrogen and oxygen atoms in total. The average molecular weight is 477 g/mol. The van der Waals surface area contributed by atoms with E-state index in [0.717, 1.165) is 30.2 Å². The zero-order chi connectivity index (χ0) is 24.6. The molecule has 2 amide bonds. The Bertz CT molecular complexity index is 1160. The first-order valence-electron chi connectivity index (χ1n) is 12.0. The lowest BCUT2D eigenvalue weighted by Gasteiger charge is -2.28. The quantitative estimate of drug-likeness (QED) is 0.374. The van der Waals surface area contributed by atoms with Crippen LogP contribution in [0.5, 0.6) is 0 Å². The van der Waals surface area contributed by atoms with Crippen molar-refractivity contribution >= 4 is 23.2 Å². The summed E-state index contributed by atoms with van der Waals surface area (Å²) in [6.07, 6.45) is 11.0. The highest BCUT2D eigenvalue weighted by atomic mass is 16.2. The van der Waals surface area contributed by atoms with Crippen LogP contribution in [-0.4, -0.2) is 43.0 Å². The highest BCUT2D eigenvalue weighted by Gasteiger charge is 2.16. The molecule has 1 aromatic carbocycles. The standard InChI is InChI=1S/C26H32N6O3/c1-18(33)27-12-13-28-24-7-5-6-22(30-24)20-16-23(26(35)29-17-20)31-25(34)19-8-10-21(11-9-19)32-14-3-2-4-15-32/h5-11,16-17,22,28,30H,2-4,12-15H2,1H3,(H,27,33)(H,29,35)(H,31,34). The van der Waals surface area contributed by atoms with Gasteiger partial charge in [-0.1, -0.05) is 12.2 Å². The van der Waals surface area contributed by atoms with E-state index < -0.39 is 0 Å². The molecule has 2 aliphatic rings. The van der Waals surface area contributed by atoms with E-state index in [1.54, 1.807) is 24.4 Å². The van der Waals surface area contributed by atoms with E-state index in [2.05, 4.69) is 31.2 Å². The van der Waals surface area contributed by atoms with Gasteiger partial charge in [0.15, 0.2) is 0 Å². The van der Waals surface area contributed by atoms with Crippen LogP contribution in [0.3, 0.4) is 0 Å². The SMILES string of the molecule is CC(=O)NCCNC1=CC=CC(c2c[nH]c(=O)c(NC(=O)c3ccc(N4CCCCC4)cc3)c2)N1. The molecule has 0 radical (unpaired) electrons. The molecule has 5 N–H and O–H groups in total. The number of H-pyrrole nitrogens is 1. The Morgan fingerprint density at radius 2 is 1.86 bits per heavy atom. The molecule has 184 valence electrons. The van der Waals surface area contributed by atoms with Gasteiger partial charge in [0.25, 0.3) is 11.5 Å². The summed E-state index contributed by atoms with van der Waals surface area (Å²) in [7, 11) is 0. The van der Waals surface area contributed by atoms with E-state index in [4.69, 9.17) is 0 Å². The number of hydrogen-bond donors (Lipinski definition) is 5. The van der Waals surface area contributed by atoms with Crippen LogP contribution < -0.4 is 31.7 Å². The number of anilines is 2. The maximum atomic E-state index is 12.8. The Labute approximate surface area is 204 Å². The summed E-state index contributed by atoms with van der Waals surface area (Å²) in [5.41, 5.74) is 2.24. The third-order valence-corrected chi connectivity index (χ3v) is 6.08. The first-order valence-corrected chi connectivity index (χ1v) is 12.0. The van der Waals surface area contributed by atoms with Gasteiger partial charge < -0.3 is 31.2 Å². The molecule has 0 saturated carbocycles. The van der Waals surface area contributed by atoms with Crippen molar-refractivity contribution in [2.24, 2.45) is 0 Å². The Morgan fingerprint density at radius 1 is 1.09 bits per heavy atom. The number of benzene rings is 1. The van der Waals surface area contributed by atoms with Crippen LogP contribution in [0, 0.1) is 0 Å². The molecule has 0 bridgehead atoms. The molecule has 1 aromatic heterocycles. The number of carbonyl (C=O) groups excluding carboxylic acids is 2. The molecule has 2 aromatic rings. The normalized spacial score (nSPS) is 17.2. The van der Waals surface area contributed by atoms with Crippen molar-refractivity contribution < 1.29 is 9.59 Å². The van der Waals surface area contributed by atoms with Crippen LogP contribution in [0.2, 0.25) is 0 Å². The Hall–Kier alpha value is -4.01. The first kappa shape index (κ1) is 24.1. The van der Waals surface area contributed by atoms with Crippen molar-refractivity contribution in [3.8, 4) is 0 Å². The van der Waals surface area contributed by atoms with Crippen molar-refractivity contribution in [3.63, 3.8) is 0 Å². The monoisotopic (exact) mass is 476 g/mol. The van der Waals surface area contributed by atoms with Crippen LogP contribution in [-0.2, 0) is 4.79 Å². The van der Waals surface area contributed by atoms with Crippen molar-refractivity contribution in [1.82, 2.24) is 20.9 Å². The van der Waals surface area contributed by atoms with Crippen molar-refractivity contribution in [1.29, 1.82) is 0 Å². The van der Waals surface area contributed by atoms with Crippen LogP contribution in [0.1, 0.15) is 48.1 Å². The number of amides is 2. The number of carbonyl (C=O) groups is 2. The minimum absolute atomic E-state index is 0.0732. The highest BCUT2D eigenvalue weighted by Crippen LogP contribution is 2.22. The second-order valence-electron chi connectivity index (χ2n) is 8.72. The second-order valence-corrected chi connectivity index (χ2v) is 8.72. The number of piperidine rings is 1. The highest BCUT2D eigenvalue weighted by molar-refractivity contribution is 6.04. The molecular weight excluding hydrogens is 444 g/mol. The first-order chi connectivity index (χ1) is 17.0. The summed E-state index contributed by atoms with van der Waals surface area (Å²) in [4.78, 5) is 41.3. The van der Waals surface area contributed by atoms with E-state index in [0.29, 0.717) is 18.7 Å². The number of nitrogens with one attached hydrogen (secondary N) is 5. The fourth-order valence-electron chi connectivity index (χ4n) is 4.21. The molecule has 0 spiro atoms. The number of rotatable bonds is 8. The maximum Gasteiger partial charge on any atom is 0.271 e. The second kappa shape index (κ2) is 11.4. The minimum atomic E-state index is -0.365. The molecule has 1 fully saturated rings. The third-order valence-electron chi connectivity index (χ3n) is 6.08. The fraction of sp³-hybridized carbons (Fsp3) is 0.346. The number of hydrogen-bond acceptors (Lipinski definition) is 6. The van der Waals surface area contributed by atoms with Gasteiger partial charge in [-0.3, -0.25) is 14.4 Å². The lowest BCUT2D eigenvalue weighted by atomic mass is 10.1. The van der Waals surface area contributed by atoms with Gasteiger partial charge in [0.1, 0.15) is 5.69 Å². The number of aromatic amines is 1. The number of aromatic nitrogens is 1. The molecule has 1 saturated heterocycles. The van der Waals surface area contributed by atoms with Crippen LogP contribution >= 0.6 is 0 Å². The minimum Gasteiger partial charge on any atom is -0.372 e. The summed E-state index contributed by atoms with van der Waals surface area (Å²) < 4.78 is 0. The molecule has 4 rings (SSSR count). The predicted molar refractivity (Wildman–Crippen MR) is 137 cm³/mol. The molecule has 1 unspecified atom stereocenters. The van der Waals surface area contributed by atoms with E-state index in [1.165, 1.54) is 26.2 Å². The number of pyridine rings is 1. The van der Waals surface area contributed by atoms with Gasteiger partial charge >= 0.3 is 0 Å². The van der Waals surface area contributed by atoms with E-state index in [1.807, 2.05) is 30.4 Å². The van der Waals surface area contributed by atoms with Gasteiger partial charge in [-0.25, -0.2) is 0 Å². The largest absolute Gasteiger partial charge is 0.372 e. The van der Waals surface area contributed by atoms with Crippen molar-refractivity contribution in [3.05, 3.63) is 82.1 Å². The van der Waals surface area contributed by atoms with Gasteiger partial charge in [-0.05, 0) is 61.2 Å². The molecular formula is C26H32N6O3. The number of dihydropyridines is 1. The summed E-state index contributed by atoms with van der Waals surface area (Å²) >= 11 is 0. The van der Waals surface area contributed by atoms with E-state index in [9.17, 15) is 14.4 Å². The third kappa shape index (κ3) is 6.53. The number of allylic oxidation sites excluding steroid dienone is 2. The van der Waals surface area contributed by atoms with Gasteiger partial charge in [0.05, 0.1) is 11.9 Å². The van der Waals surface area contributed by atoms with Crippen LogP contribution in [0.4, 0.5) is 11.4 Å². The smallest absolute Gasteiger partial charge is 0.271 e. The Kier molecular flexibility index (Phi) is 7.87. The van der Waals surface area contributed by atoms with Gasteiger partial charge in [0.2, 0.25) is 5.91 Å². The zero-order valence-electron chi connectivity index (χ0n) is 19.9. The lowest BCUT2D eigenvalue weighted by Crippen LogP contribution is -2.36. The molecule has 3 heterocycles. The summed E-state index contributed by atoms with van der Waals surface area (Å²) in [6, 6.07) is 9.01. The van der Waals surface area contributed by atoms with E-state index >= 15 is 0 Å². The fourth-order valence-corrected chi connectivity index (χ4v) is 4.21.